The molecule has 1 aliphatic rings. The number of aromatic nitrogens is 4. The second-order valence-electron chi connectivity index (χ2n) is 2.63. The zero-order chi connectivity index (χ0) is 7.52. The Labute approximate surface area is 69.1 Å². The summed E-state index contributed by atoms with van der Waals surface area (Å²) in [7, 11) is 0. The van der Waals surface area contributed by atoms with Gasteiger partial charge in [0.05, 0.1) is 5.25 Å². The quantitative estimate of drug-likeness (QED) is 0.687. The van der Waals surface area contributed by atoms with Gasteiger partial charge in [-0.1, -0.05) is 11.6 Å². The summed E-state index contributed by atoms with van der Waals surface area (Å²) in [5.41, 5.74) is 0. The maximum Gasteiger partial charge on any atom is 0.187 e. The van der Waals surface area contributed by atoms with Gasteiger partial charge in [-0.25, -0.2) is 0 Å². The van der Waals surface area contributed by atoms with Crippen LogP contribution in [-0.4, -0.2) is 26.4 Å². The Hall–Kier alpha value is -0.580. The summed E-state index contributed by atoms with van der Waals surface area (Å²) < 4.78 is 0. The first-order chi connectivity index (χ1) is 5.47. The second-order valence-corrected chi connectivity index (χ2v) is 3.94. The predicted octanol–water partition coefficient (Wildman–Crippen LogP) is 1.16. The molecule has 11 heavy (non-hydrogen) atoms. The van der Waals surface area contributed by atoms with E-state index in [2.05, 4.69) is 20.6 Å². The number of rotatable bonds is 1. The van der Waals surface area contributed by atoms with E-state index in [9.17, 15) is 0 Å². The van der Waals surface area contributed by atoms with Crippen LogP contribution >= 0.6 is 11.8 Å². The Balaban J connectivity index is 2.04. The van der Waals surface area contributed by atoms with E-state index in [0.29, 0.717) is 5.25 Å². The monoisotopic (exact) mass is 170 g/mol. The first-order valence-electron chi connectivity index (χ1n) is 3.82. The van der Waals surface area contributed by atoms with Crippen LogP contribution in [0.2, 0.25) is 0 Å². The number of nitrogens with one attached hydrogen (secondary N) is 1. The van der Waals surface area contributed by atoms with E-state index in [1.807, 2.05) is 11.8 Å². The molecular formula is C6H10N4S. The second kappa shape index (κ2) is 3.21. The summed E-state index contributed by atoms with van der Waals surface area (Å²) >= 11 is 1.94. The third-order valence-corrected chi connectivity index (χ3v) is 3.20. The van der Waals surface area contributed by atoms with Crippen molar-refractivity contribution in [1.29, 1.82) is 0 Å². The van der Waals surface area contributed by atoms with Crippen LogP contribution in [0.4, 0.5) is 0 Å². The van der Waals surface area contributed by atoms with Gasteiger partial charge in [0, 0.05) is 0 Å². The molecule has 1 saturated heterocycles. The predicted molar refractivity (Wildman–Crippen MR) is 43.2 cm³/mol. The van der Waals surface area contributed by atoms with Crippen molar-refractivity contribution in [3.05, 3.63) is 5.82 Å². The fourth-order valence-corrected chi connectivity index (χ4v) is 2.49. The number of nitrogens with zero attached hydrogens (tertiary/aromatic N) is 3. The summed E-state index contributed by atoms with van der Waals surface area (Å²) in [6, 6.07) is 0. The van der Waals surface area contributed by atoms with Crippen LogP contribution in [0.15, 0.2) is 0 Å². The lowest BCUT2D eigenvalue weighted by atomic mass is 10.2. The van der Waals surface area contributed by atoms with Crippen LogP contribution in [0, 0.1) is 0 Å². The molecule has 0 unspecified atom stereocenters. The lowest BCUT2D eigenvalue weighted by Gasteiger charge is -2.17. The highest BCUT2D eigenvalue weighted by Crippen LogP contribution is 2.35. The standard InChI is InChI=1S/C6H10N4S/c1-2-4-11-5(3-1)6-7-9-10-8-6/h5H,1-4H2,(H,7,8,9,10)/t5-/m1/s1. The van der Waals surface area contributed by atoms with Crippen molar-refractivity contribution in [1.82, 2.24) is 20.6 Å². The number of hydrogen-bond donors (Lipinski definition) is 1. The van der Waals surface area contributed by atoms with Gasteiger partial charge in [-0.3, -0.25) is 0 Å². The first-order valence-corrected chi connectivity index (χ1v) is 4.86. The Kier molecular flexibility index (Phi) is 2.07. The van der Waals surface area contributed by atoms with E-state index >= 15 is 0 Å². The molecule has 0 amide bonds. The fraction of sp³-hybridized carbons (Fsp3) is 0.833. The van der Waals surface area contributed by atoms with Crippen molar-refractivity contribution in [2.24, 2.45) is 0 Å². The molecular weight excluding hydrogens is 160 g/mol. The maximum absolute atomic E-state index is 3.97. The van der Waals surface area contributed by atoms with E-state index in [4.69, 9.17) is 0 Å². The highest BCUT2D eigenvalue weighted by atomic mass is 32.2. The molecule has 0 aromatic carbocycles. The summed E-state index contributed by atoms with van der Waals surface area (Å²) in [6.07, 6.45) is 3.83. The summed E-state index contributed by atoms with van der Waals surface area (Å²) in [5, 5.41) is 14.5. The lowest BCUT2D eigenvalue weighted by Crippen LogP contribution is -2.03. The van der Waals surface area contributed by atoms with Crippen LogP contribution in [0.5, 0.6) is 0 Å². The summed E-state index contributed by atoms with van der Waals surface area (Å²) in [6.45, 7) is 0. The number of hydrogen-bond acceptors (Lipinski definition) is 4. The normalized spacial score (nSPS) is 25.3. The molecule has 60 valence electrons. The van der Waals surface area contributed by atoms with E-state index in [1.54, 1.807) is 0 Å². The number of tetrazole rings is 1. The summed E-state index contributed by atoms with van der Waals surface area (Å²) in [5.74, 6) is 2.11. The minimum Gasteiger partial charge on any atom is -0.177 e. The molecule has 1 N–H and O–H groups in total. The van der Waals surface area contributed by atoms with E-state index < -0.39 is 0 Å². The van der Waals surface area contributed by atoms with Gasteiger partial charge in [-0.2, -0.15) is 17.0 Å². The Morgan fingerprint density at radius 3 is 3.09 bits per heavy atom. The molecule has 1 fully saturated rings. The molecule has 0 spiro atoms. The highest BCUT2D eigenvalue weighted by molar-refractivity contribution is 7.99. The molecule has 0 bridgehead atoms. The van der Waals surface area contributed by atoms with Crippen LogP contribution in [-0.2, 0) is 0 Å². The van der Waals surface area contributed by atoms with Gasteiger partial charge in [-0.15, -0.1) is 10.2 Å². The molecule has 1 aromatic rings. The van der Waals surface area contributed by atoms with Gasteiger partial charge in [0.15, 0.2) is 5.82 Å². The zero-order valence-corrected chi connectivity index (χ0v) is 6.97. The smallest absolute Gasteiger partial charge is 0.177 e. The Morgan fingerprint density at radius 2 is 2.45 bits per heavy atom. The van der Waals surface area contributed by atoms with Gasteiger partial charge >= 0.3 is 0 Å². The molecule has 1 atom stereocenters. The van der Waals surface area contributed by atoms with Gasteiger partial charge in [0.2, 0.25) is 0 Å². The number of aromatic amines is 1. The van der Waals surface area contributed by atoms with Gasteiger partial charge in [0.1, 0.15) is 0 Å². The van der Waals surface area contributed by atoms with Crippen molar-refractivity contribution in [3.8, 4) is 0 Å². The van der Waals surface area contributed by atoms with Gasteiger partial charge < -0.3 is 0 Å². The number of thioether (sulfide) groups is 1. The topological polar surface area (TPSA) is 54.5 Å². The molecule has 0 radical (unpaired) electrons. The van der Waals surface area contributed by atoms with Crippen molar-refractivity contribution >= 4 is 11.8 Å². The van der Waals surface area contributed by atoms with E-state index in [0.717, 1.165) is 5.82 Å². The molecule has 5 heteroatoms. The van der Waals surface area contributed by atoms with Gasteiger partial charge in [0.25, 0.3) is 0 Å². The van der Waals surface area contributed by atoms with Crippen LogP contribution in [0.3, 0.4) is 0 Å². The zero-order valence-electron chi connectivity index (χ0n) is 6.16. The summed E-state index contributed by atoms with van der Waals surface area (Å²) in [4.78, 5) is 0. The van der Waals surface area contributed by atoms with Crippen LogP contribution in [0.1, 0.15) is 30.3 Å². The van der Waals surface area contributed by atoms with Gasteiger partial charge in [-0.05, 0) is 18.6 Å². The molecule has 0 saturated carbocycles. The molecule has 2 heterocycles. The SMILES string of the molecule is C1CC[C@H](c2nn[nH]n2)SC1. The minimum absolute atomic E-state index is 0.488. The molecule has 0 aliphatic carbocycles. The lowest BCUT2D eigenvalue weighted by molar-refractivity contribution is 0.663. The number of H-pyrrole nitrogens is 1. The third-order valence-electron chi connectivity index (χ3n) is 1.83. The minimum atomic E-state index is 0.488. The molecule has 4 nitrogen and oxygen atoms in total. The van der Waals surface area contributed by atoms with Crippen LogP contribution < -0.4 is 0 Å². The maximum atomic E-state index is 3.97. The van der Waals surface area contributed by atoms with Crippen molar-refractivity contribution in [3.63, 3.8) is 0 Å². The van der Waals surface area contributed by atoms with Crippen LogP contribution in [0.25, 0.3) is 0 Å². The molecule has 2 rings (SSSR count). The van der Waals surface area contributed by atoms with E-state index in [-0.39, 0.29) is 0 Å². The molecule has 1 aliphatic heterocycles. The Morgan fingerprint density at radius 1 is 1.45 bits per heavy atom. The highest BCUT2D eigenvalue weighted by Gasteiger charge is 2.19. The van der Waals surface area contributed by atoms with Crippen molar-refractivity contribution in [2.75, 3.05) is 5.75 Å². The molecule has 1 aromatic heterocycles. The van der Waals surface area contributed by atoms with Crippen molar-refractivity contribution < 1.29 is 0 Å². The average Bonchev–Trinajstić information content (AvgIpc) is 2.58. The largest absolute Gasteiger partial charge is 0.187 e. The Bertz CT molecular complexity index is 204. The fourth-order valence-electron chi connectivity index (χ4n) is 1.25. The van der Waals surface area contributed by atoms with E-state index in [1.165, 1.54) is 25.0 Å². The third kappa shape index (κ3) is 1.53. The van der Waals surface area contributed by atoms with Crippen molar-refractivity contribution in [2.45, 2.75) is 24.5 Å². The first kappa shape index (κ1) is 7.09. The average molecular weight is 170 g/mol.